The van der Waals surface area contributed by atoms with E-state index in [1.165, 1.54) is 37.2 Å². The Morgan fingerprint density at radius 3 is 2.95 bits per heavy atom. The molecule has 1 aromatic rings. The molecule has 4 nitrogen and oxygen atoms in total. The Morgan fingerprint density at radius 2 is 2.29 bits per heavy atom. The van der Waals surface area contributed by atoms with Crippen LogP contribution in [0, 0.1) is 5.92 Å². The first-order chi connectivity index (χ1) is 10.3. The van der Waals surface area contributed by atoms with Gasteiger partial charge in [-0.25, -0.2) is 4.98 Å². The minimum atomic E-state index is -0.00255. The summed E-state index contributed by atoms with van der Waals surface area (Å²) in [7, 11) is 0. The molecule has 0 spiro atoms. The molecule has 0 radical (unpaired) electrons. The molecule has 0 amide bonds. The van der Waals surface area contributed by atoms with Crippen molar-refractivity contribution in [3.05, 3.63) is 5.82 Å². The number of rotatable bonds is 8. The summed E-state index contributed by atoms with van der Waals surface area (Å²) in [6.45, 7) is 2.38. The van der Waals surface area contributed by atoms with Gasteiger partial charge in [0.1, 0.15) is 5.82 Å². The highest BCUT2D eigenvalue weighted by molar-refractivity contribution is 8.00. The summed E-state index contributed by atoms with van der Waals surface area (Å²) in [4.78, 5) is 4.51. The monoisotopic (exact) mass is 327 g/mol. The van der Waals surface area contributed by atoms with E-state index in [9.17, 15) is 5.11 Å². The van der Waals surface area contributed by atoms with E-state index >= 15 is 0 Å². The summed E-state index contributed by atoms with van der Waals surface area (Å²) in [5, 5.41) is 13.7. The summed E-state index contributed by atoms with van der Waals surface area (Å²) in [5.41, 5.74) is -0.00255. The van der Waals surface area contributed by atoms with Gasteiger partial charge < -0.3 is 10.4 Å². The van der Waals surface area contributed by atoms with Crippen LogP contribution in [0.3, 0.4) is 0 Å². The number of hydrogen-bond acceptors (Lipinski definition) is 6. The van der Waals surface area contributed by atoms with Crippen molar-refractivity contribution < 1.29 is 5.11 Å². The van der Waals surface area contributed by atoms with Crippen molar-refractivity contribution in [1.82, 2.24) is 14.7 Å². The Balaban J connectivity index is 1.50. The maximum atomic E-state index is 9.93. The van der Waals surface area contributed by atoms with Gasteiger partial charge in [0.05, 0.1) is 6.61 Å². The number of aliphatic hydroxyl groups is 1. The predicted octanol–water partition coefficient (Wildman–Crippen LogP) is 2.87. The summed E-state index contributed by atoms with van der Waals surface area (Å²) in [6, 6.07) is 0.667. The third kappa shape index (κ3) is 3.78. The Bertz CT molecular complexity index is 464. The van der Waals surface area contributed by atoms with Gasteiger partial charge in [-0.2, -0.15) is 4.37 Å². The molecule has 2 unspecified atom stereocenters. The minimum absolute atomic E-state index is 0.00255. The second-order valence-electron chi connectivity index (χ2n) is 6.29. The van der Waals surface area contributed by atoms with E-state index in [2.05, 4.69) is 21.6 Å². The van der Waals surface area contributed by atoms with Crippen LogP contribution in [0.1, 0.15) is 51.3 Å². The number of hydrogen-bond donors (Lipinski definition) is 2. The van der Waals surface area contributed by atoms with Crippen molar-refractivity contribution in [3.8, 4) is 0 Å². The van der Waals surface area contributed by atoms with Crippen molar-refractivity contribution in [1.29, 1.82) is 0 Å². The molecule has 0 aliphatic heterocycles. The maximum absolute atomic E-state index is 9.93. The minimum Gasteiger partial charge on any atom is -0.394 e. The van der Waals surface area contributed by atoms with Gasteiger partial charge in [-0.1, -0.05) is 25.1 Å². The highest BCUT2D eigenvalue weighted by Crippen LogP contribution is 2.41. The zero-order chi connectivity index (χ0) is 14.7. The molecule has 3 rings (SSSR count). The van der Waals surface area contributed by atoms with Gasteiger partial charge in [0, 0.05) is 23.8 Å². The molecule has 2 N–H and O–H groups in total. The lowest BCUT2D eigenvalue weighted by atomic mass is 9.85. The average molecular weight is 328 g/mol. The zero-order valence-electron chi connectivity index (χ0n) is 12.7. The van der Waals surface area contributed by atoms with Crippen LogP contribution in [0.4, 0.5) is 0 Å². The highest BCUT2D eigenvalue weighted by Gasteiger charge is 2.44. The second-order valence-corrected chi connectivity index (χ2v) is 8.38. The molecule has 21 heavy (non-hydrogen) atoms. The fraction of sp³-hybridized carbons (Fsp3) is 0.867. The fourth-order valence-corrected chi connectivity index (χ4v) is 5.19. The third-order valence-corrected chi connectivity index (χ3v) is 6.67. The van der Waals surface area contributed by atoms with Crippen LogP contribution in [0.2, 0.25) is 0 Å². The average Bonchev–Trinajstić information content (AvgIpc) is 3.04. The molecule has 2 aliphatic carbocycles. The Labute approximate surface area is 135 Å². The Kier molecular flexibility index (Phi) is 5.19. The van der Waals surface area contributed by atoms with Crippen LogP contribution in [-0.2, 0) is 6.42 Å². The third-order valence-electron chi connectivity index (χ3n) is 4.77. The van der Waals surface area contributed by atoms with Crippen LogP contribution in [0.15, 0.2) is 4.34 Å². The van der Waals surface area contributed by atoms with Gasteiger partial charge >= 0.3 is 0 Å². The van der Waals surface area contributed by atoms with Crippen molar-refractivity contribution in [2.45, 2.75) is 67.8 Å². The quantitative estimate of drug-likeness (QED) is 0.719. The molecule has 118 valence electrons. The summed E-state index contributed by atoms with van der Waals surface area (Å²) in [5.74, 6) is 2.65. The van der Waals surface area contributed by atoms with E-state index in [1.54, 1.807) is 0 Å². The molecule has 1 heterocycles. The molecule has 2 saturated carbocycles. The van der Waals surface area contributed by atoms with Gasteiger partial charge in [0.25, 0.3) is 0 Å². The standard InChI is InChI=1S/C15H25N3OS2/c1-2-13-16-14(21-18-13)20-9-7-11-4-3-8-15(11,10-19)17-12-5-6-12/h11-12,17,19H,2-10H2,1H3. The molecule has 0 bridgehead atoms. The van der Waals surface area contributed by atoms with Crippen LogP contribution in [0.25, 0.3) is 0 Å². The number of thioether (sulfide) groups is 1. The first kappa shape index (κ1) is 15.7. The van der Waals surface area contributed by atoms with Gasteiger partial charge in [-0.3, -0.25) is 0 Å². The number of nitrogens with zero attached hydrogens (tertiary/aromatic N) is 2. The SMILES string of the molecule is CCc1nsc(SCCC2CCCC2(CO)NC2CC2)n1. The van der Waals surface area contributed by atoms with Crippen molar-refractivity contribution in [2.24, 2.45) is 5.92 Å². The summed E-state index contributed by atoms with van der Waals surface area (Å²) >= 11 is 3.34. The molecule has 0 aromatic carbocycles. The van der Waals surface area contributed by atoms with Crippen molar-refractivity contribution >= 4 is 23.3 Å². The van der Waals surface area contributed by atoms with Gasteiger partial charge in [0.2, 0.25) is 0 Å². The molecular formula is C15H25N3OS2. The van der Waals surface area contributed by atoms with Crippen LogP contribution in [-0.4, -0.2) is 38.4 Å². The van der Waals surface area contributed by atoms with E-state index in [1.807, 2.05) is 11.8 Å². The van der Waals surface area contributed by atoms with Crippen LogP contribution in [0.5, 0.6) is 0 Å². The van der Waals surface area contributed by atoms with Crippen molar-refractivity contribution in [2.75, 3.05) is 12.4 Å². The number of aromatic nitrogens is 2. The smallest absolute Gasteiger partial charge is 0.170 e. The first-order valence-corrected chi connectivity index (χ1v) is 9.85. The van der Waals surface area contributed by atoms with Crippen LogP contribution >= 0.6 is 23.3 Å². The predicted molar refractivity (Wildman–Crippen MR) is 87.9 cm³/mol. The fourth-order valence-electron chi connectivity index (χ4n) is 3.37. The molecule has 1 aromatic heterocycles. The van der Waals surface area contributed by atoms with E-state index in [0.29, 0.717) is 12.0 Å². The number of aryl methyl sites for hydroxylation is 1. The second kappa shape index (κ2) is 6.94. The lowest BCUT2D eigenvalue weighted by Gasteiger charge is -2.35. The molecular weight excluding hydrogens is 302 g/mol. The maximum Gasteiger partial charge on any atom is 0.170 e. The number of aliphatic hydroxyl groups excluding tert-OH is 1. The van der Waals surface area contributed by atoms with Gasteiger partial charge in [-0.05, 0) is 49.6 Å². The van der Waals surface area contributed by atoms with E-state index in [-0.39, 0.29) is 12.1 Å². The normalized spacial score (nSPS) is 29.1. The number of nitrogens with one attached hydrogen (secondary N) is 1. The van der Waals surface area contributed by atoms with Crippen molar-refractivity contribution in [3.63, 3.8) is 0 Å². The molecule has 6 heteroatoms. The molecule has 2 atom stereocenters. The molecule has 0 saturated heterocycles. The highest BCUT2D eigenvalue weighted by atomic mass is 32.2. The van der Waals surface area contributed by atoms with E-state index < -0.39 is 0 Å². The first-order valence-electron chi connectivity index (χ1n) is 8.09. The molecule has 2 aliphatic rings. The topological polar surface area (TPSA) is 58.0 Å². The van der Waals surface area contributed by atoms with Gasteiger partial charge in [0.15, 0.2) is 4.34 Å². The lowest BCUT2D eigenvalue weighted by Crippen LogP contribution is -2.52. The zero-order valence-corrected chi connectivity index (χ0v) is 14.3. The van der Waals surface area contributed by atoms with Gasteiger partial charge in [-0.15, -0.1) is 0 Å². The summed E-state index contributed by atoms with van der Waals surface area (Å²) < 4.78 is 5.43. The molecule has 2 fully saturated rings. The summed E-state index contributed by atoms with van der Waals surface area (Å²) in [6.07, 6.45) is 8.27. The Hall–Kier alpha value is -0.170. The Morgan fingerprint density at radius 1 is 1.43 bits per heavy atom. The van der Waals surface area contributed by atoms with Crippen LogP contribution < -0.4 is 5.32 Å². The van der Waals surface area contributed by atoms with E-state index in [4.69, 9.17) is 0 Å². The largest absolute Gasteiger partial charge is 0.394 e. The van der Waals surface area contributed by atoms with E-state index in [0.717, 1.165) is 35.2 Å². The lowest BCUT2D eigenvalue weighted by molar-refractivity contribution is 0.120.